The van der Waals surface area contributed by atoms with Crippen LogP contribution in [0.3, 0.4) is 0 Å². The molecule has 1 atom stereocenters. The monoisotopic (exact) mass is 430 g/mol. The molecule has 3 heterocycles. The van der Waals surface area contributed by atoms with Crippen LogP contribution in [0.15, 0.2) is 85.3 Å². The molecule has 0 saturated heterocycles. The lowest BCUT2D eigenvalue weighted by Crippen LogP contribution is -2.33. The van der Waals surface area contributed by atoms with Crippen LogP contribution in [0.25, 0.3) is 11.5 Å². The Morgan fingerprint density at radius 3 is 2.52 bits per heavy atom. The van der Waals surface area contributed by atoms with Crippen LogP contribution in [0.2, 0.25) is 0 Å². The van der Waals surface area contributed by atoms with Crippen LogP contribution >= 0.6 is 0 Å². The van der Waals surface area contributed by atoms with Gasteiger partial charge >= 0.3 is 0 Å². The Bertz CT molecular complexity index is 1230. The molecule has 1 aliphatic heterocycles. The minimum absolute atomic E-state index is 0.00400. The van der Waals surface area contributed by atoms with Crippen molar-refractivity contribution in [1.29, 1.82) is 0 Å². The van der Waals surface area contributed by atoms with Crippen LogP contribution in [-0.4, -0.2) is 36.8 Å². The molecule has 1 unspecified atom stereocenters. The second kappa shape index (κ2) is 8.35. The van der Waals surface area contributed by atoms with Gasteiger partial charge in [0.05, 0.1) is 17.6 Å². The number of hydrogen-bond acceptors (Lipinski definition) is 3. The number of rotatable bonds is 6. The number of hydrogen-bond donors (Lipinski definition) is 0. The van der Waals surface area contributed by atoms with E-state index in [-0.39, 0.29) is 17.4 Å². The average molecular weight is 431 g/mol. The summed E-state index contributed by atoms with van der Waals surface area (Å²) in [6, 6.07) is 21.6. The molecule has 0 N–H and O–H groups in total. The fourth-order valence-electron chi connectivity index (χ4n) is 4.02. The van der Waals surface area contributed by atoms with Crippen molar-refractivity contribution in [1.82, 2.24) is 14.3 Å². The van der Waals surface area contributed by atoms with Crippen molar-refractivity contribution in [2.24, 2.45) is 0 Å². The zero-order valence-electron chi connectivity index (χ0n) is 16.9. The van der Waals surface area contributed by atoms with Gasteiger partial charge < -0.3 is 9.47 Å². The van der Waals surface area contributed by atoms with Gasteiger partial charge in [0, 0.05) is 41.0 Å². The Morgan fingerprint density at radius 2 is 1.71 bits per heavy atom. The molecule has 0 radical (unpaired) electrons. The maximum Gasteiger partial charge on any atom is 0.239 e. The standard InChI is InChI=1S/C24H22N4O2S/c29-23(27-15-12-19-8-4-5-11-22(19)27)18-31(30)17-20-16-25-28(21-9-2-1-3-10-21)24(20)26-13-6-7-14-26/h1-11,13-14,16H,12,15,17-18H2. The summed E-state index contributed by atoms with van der Waals surface area (Å²) < 4.78 is 16.8. The average Bonchev–Trinajstić information content (AvgIpc) is 3.53. The van der Waals surface area contributed by atoms with Crippen molar-refractivity contribution < 1.29 is 9.00 Å². The Kier molecular flexibility index (Phi) is 5.26. The first-order valence-corrected chi connectivity index (χ1v) is 11.7. The molecule has 5 rings (SSSR count). The molecule has 0 bridgehead atoms. The number of anilines is 1. The minimum atomic E-state index is -1.35. The highest BCUT2D eigenvalue weighted by Gasteiger charge is 2.26. The Morgan fingerprint density at radius 1 is 0.968 bits per heavy atom. The fourth-order valence-corrected chi connectivity index (χ4v) is 5.11. The van der Waals surface area contributed by atoms with Crippen LogP contribution in [-0.2, 0) is 27.8 Å². The van der Waals surface area contributed by atoms with Crippen LogP contribution in [0.4, 0.5) is 5.69 Å². The third-order valence-electron chi connectivity index (χ3n) is 5.46. The van der Waals surface area contributed by atoms with E-state index in [1.54, 1.807) is 11.1 Å². The van der Waals surface area contributed by atoms with Crippen LogP contribution in [0.5, 0.6) is 0 Å². The zero-order valence-corrected chi connectivity index (χ0v) is 17.7. The molecule has 6 nitrogen and oxygen atoms in total. The molecule has 31 heavy (non-hydrogen) atoms. The highest BCUT2D eigenvalue weighted by molar-refractivity contribution is 7.85. The van der Waals surface area contributed by atoms with E-state index in [1.807, 2.05) is 88.4 Å². The van der Waals surface area contributed by atoms with Crippen LogP contribution in [0, 0.1) is 0 Å². The quantitative estimate of drug-likeness (QED) is 0.470. The number of amides is 1. The second-order valence-corrected chi connectivity index (χ2v) is 8.94. The number of fused-ring (bicyclic) bond motifs is 1. The summed E-state index contributed by atoms with van der Waals surface area (Å²) in [7, 11) is -1.35. The Hall–Kier alpha value is -3.45. The molecule has 4 aromatic rings. The van der Waals surface area contributed by atoms with Gasteiger partial charge in [-0.05, 0) is 42.3 Å². The van der Waals surface area contributed by atoms with E-state index in [2.05, 4.69) is 5.10 Å². The molecular weight excluding hydrogens is 408 g/mol. The Balaban J connectivity index is 1.37. The highest BCUT2D eigenvalue weighted by Crippen LogP contribution is 2.28. The number of aromatic nitrogens is 3. The molecule has 0 aliphatic carbocycles. The lowest BCUT2D eigenvalue weighted by Gasteiger charge is -2.17. The van der Waals surface area contributed by atoms with Crippen molar-refractivity contribution in [2.45, 2.75) is 12.2 Å². The summed E-state index contributed by atoms with van der Waals surface area (Å²) in [6.45, 7) is 0.649. The van der Waals surface area contributed by atoms with Gasteiger partial charge in [0.1, 0.15) is 11.6 Å². The van der Waals surface area contributed by atoms with Gasteiger partial charge in [0.2, 0.25) is 5.91 Å². The largest absolute Gasteiger partial charge is 0.311 e. The predicted octanol–water partition coefficient (Wildman–Crippen LogP) is 3.50. The van der Waals surface area contributed by atoms with Crippen molar-refractivity contribution in [2.75, 3.05) is 17.2 Å². The molecule has 2 aromatic heterocycles. The third-order valence-corrected chi connectivity index (χ3v) is 6.66. The summed E-state index contributed by atoms with van der Waals surface area (Å²) >= 11 is 0. The van der Waals surface area contributed by atoms with Gasteiger partial charge in [0.15, 0.2) is 0 Å². The smallest absolute Gasteiger partial charge is 0.239 e. The van der Waals surface area contributed by atoms with Gasteiger partial charge in [-0.15, -0.1) is 0 Å². The van der Waals surface area contributed by atoms with Crippen LogP contribution in [0.1, 0.15) is 11.1 Å². The van der Waals surface area contributed by atoms with Crippen molar-refractivity contribution in [3.05, 3.63) is 96.4 Å². The zero-order chi connectivity index (χ0) is 21.2. The molecule has 0 spiro atoms. The van der Waals surface area contributed by atoms with Crippen LogP contribution < -0.4 is 4.90 Å². The predicted molar refractivity (Wildman–Crippen MR) is 122 cm³/mol. The number of nitrogens with zero attached hydrogens (tertiary/aromatic N) is 4. The number of carbonyl (C=O) groups excluding carboxylic acids is 1. The summed E-state index contributed by atoms with van der Waals surface area (Å²) in [6.07, 6.45) is 6.47. The van der Waals surface area contributed by atoms with E-state index in [1.165, 1.54) is 5.56 Å². The molecular formula is C24H22N4O2S. The summed E-state index contributed by atoms with van der Waals surface area (Å²) in [5, 5.41) is 4.55. The van der Waals surface area contributed by atoms with Crippen molar-refractivity contribution >= 4 is 22.4 Å². The van der Waals surface area contributed by atoms with E-state index < -0.39 is 10.8 Å². The number of para-hydroxylation sites is 2. The van der Waals surface area contributed by atoms with Crippen molar-refractivity contribution in [3.63, 3.8) is 0 Å². The summed E-state index contributed by atoms with van der Waals surface area (Å²) in [5.41, 5.74) is 3.87. The fraction of sp³-hybridized carbons (Fsp3) is 0.167. The maximum atomic E-state index is 13.0. The van der Waals surface area contributed by atoms with E-state index in [0.717, 1.165) is 29.2 Å². The summed E-state index contributed by atoms with van der Waals surface area (Å²) in [4.78, 5) is 14.6. The lowest BCUT2D eigenvalue weighted by molar-refractivity contribution is -0.116. The van der Waals surface area contributed by atoms with Gasteiger partial charge in [-0.25, -0.2) is 4.68 Å². The van der Waals surface area contributed by atoms with Gasteiger partial charge in [0.25, 0.3) is 0 Å². The topological polar surface area (TPSA) is 60.1 Å². The van der Waals surface area contributed by atoms with E-state index in [4.69, 9.17) is 0 Å². The molecule has 7 heteroatoms. The first kappa shape index (κ1) is 19.5. The SMILES string of the molecule is O=C(CS(=O)Cc1cnn(-c2ccccc2)c1-n1cccc1)N1CCc2ccccc21. The first-order valence-electron chi connectivity index (χ1n) is 10.2. The normalized spacial score (nSPS) is 13.9. The maximum absolute atomic E-state index is 13.0. The van der Waals surface area contributed by atoms with Gasteiger partial charge in [-0.1, -0.05) is 36.4 Å². The molecule has 2 aromatic carbocycles. The summed E-state index contributed by atoms with van der Waals surface area (Å²) in [5.74, 6) is 1.00. The van der Waals surface area contributed by atoms with E-state index in [0.29, 0.717) is 6.54 Å². The third kappa shape index (κ3) is 3.84. The van der Waals surface area contributed by atoms with E-state index in [9.17, 15) is 9.00 Å². The second-order valence-electron chi connectivity index (χ2n) is 7.48. The van der Waals surface area contributed by atoms with E-state index >= 15 is 0 Å². The first-order chi connectivity index (χ1) is 15.2. The number of carbonyl (C=O) groups is 1. The number of benzene rings is 2. The molecule has 0 saturated carbocycles. The lowest BCUT2D eigenvalue weighted by atomic mass is 10.2. The highest BCUT2D eigenvalue weighted by atomic mass is 32.2. The molecule has 1 aliphatic rings. The molecule has 1 amide bonds. The molecule has 0 fully saturated rings. The van der Waals surface area contributed by atoms with Gasteiger partial charge in [-0.2, -0.15) is 5.10 Å². The minimum Gasteiger partial charge on any atom is -0.311 e. The molecule has 156 valence electrons. The van der Waals surface area contributed by atoms with Crippen molar-refractivity contribution in [3.8, 4) is 11.5 Å². The van der Waals surface area contributed by atoms with Gasteiger partial charge in [-0.3, -0.25) is 9.00 Å². The Labute approximate surface area is 183 Å².